The fraction of sp³-hybridized carbons (Fsp3) is 0.500. The quantitative estimate of drug-likeness (QED) is 0.899. The Morgan fingerprint density at radius 2 is 2.19 bits per heavy atom. The van der Waals surface area contributed by atoms with Gasteiger partial charge in [0.2, 0.25) is 0 Å². The third kappa shape index (κ3) is 2.03. The van der Waals surface area contributed by atoms with Crippen LogP contribution in [0.4, 0.5) is 0 Å². The van der Waals surface area contributed by atoms with E-state index >= 15 is 0 Å². The molecule has 2 saturated carbocycles. The molecule has 5 nitrogen and oxygen atoms in total. The SMILES string of the molecule is NCC1CC2(C1)CC(NC(=O)c1cccn3nccc13)C2. The van der Waals surface area contributed by atoms with Crippen molar-refractivity contribution in [2.45, 2.75) is 31.7 Å². The van der Waals surface area contributed by atoms with Crippen molar-refractivity contribution in [3.05, 3.63) is 36.2 Å². The van der Waals surface area contributed by atoms with Gasteiger partial charge >= 0.3 is 0 Å². The van der Waals surface area contributed by atoms with E-state index in [9.17, 15) is 4.79 Å². The Morgan fingerprint density at radius 3 is 2.95 bits per heavy atom. The number of pyridine rings is 1. The highest BCUT2D eigenvalue weighted by atomic mass is 16.1. The van der Waals surface area contributed by atoms with Gasteiger partial charge in [0.1, 0.15) is 0 Å². The van der Waals surface area contributed by atoms with Gasteiger partial charge in [-0.15, -0.1) is 0 Å². The molecular formula is C16H20N4O. The Morgan fingerprint density at radius 1 is 1.38 bits per heavy atom. The average Bonchev–Trinajstić information content (AvgIpc) is 2.87. The normalized spacial score (nSPS) is 30.9. The second kappa shape index (κ2) is 4.56. The van der Waals surface area contributed by atoms with Crippen LogP contribution < -0.4 is 11.1 Å². The molecule has 0 aliphatic heterocycles. The van der Waals surface area contributed by atoms with Crippen molar-refractivity contribution >= 4 is 11.4 Å². The van der Waals surface area contributed by atoms with E-state index in [2.05, 4.69) is 10.4 Å². The molecule has 3 N–H and O–H groups in total. The average molecular weight is 284 g/mol. The van der Waals surface area contributed by atoms with Crippen molar-refractivity contribution in [3.63, 3.8) is 0 Å². The third-order valence-corrected chi connectivity index (χ3v) is 5.15. The topological polar surface area (TPSA) is 72.4 Å². The number of aromatic nitrogens is 2. The summed E-state index contributed by atoms with van der Waals surface area (Å²) in [7, 11) is 0. The molecule has 110 valence electrons. The molecular weight excluding hydrogens is 264 g/mol. The Labute approximate surface area is 123 Å². The minimum Gasteiger partial charge on any atom is -0.349 e. The highest BCUT2D eigenvalue weighted by molar-refractivity contribution is 6.00. The summed E-state index contributed by atoms with van der Waals surface area (Å²) in [6.07, 6.45) is 8.27. The maximum atomic E-state index is 12.4. The van der Waals surface area contributed by atoms with Crippen LogP contribution in [0.3, 0.4) is 0 Å². The van der Waals surface area contributed by atoms with Crippen LogP contribution in [0.5, 0.6) is 0 Å². The van der Waals surface area contributed by atoms with E-state index in [1.165, 1.54) is 12.8 Å². The molecule has 2 heterocycles. The lowest BCUT2D eigenvalue weighted by Crippen LogP contribution is -2.57. The van der Waals surface area contributed by atoms with Crippen LogP contribution in [0.2, 0.25) is 0 Å². The van der Waals surface area contributed by atoms with Crippen LogP contribution in [0.15, 0.2) is 30.6 Å². The molecule has 5 heteroatoms. The van der Waals surface area contributed by atoms with Gasteiger partial charge in [-0.3, -0.25) is 4.79 Å². The molecule has 2 aliphatic rings. The van der Waals surface area contributed by atoms with Crippen molar-refractivity contribution < 1.29 is 4.79 Å². The summed E-state index contributed by atoms with van der Waals surface area (Å²) in [6, 6.07) is 5.90. The van der Waals surface area contributed by atoms with E-state index in [4.69, 9.17) is 5.73 Å². The summed E-state index contributed by atoms with van der Waals surface area (Å²) < 4.78 is 1.73. The van der Waals surface area contributed by atoms with Crippen LogP contribution in [-0.2, 0) is 0 Å². The number of fused-ring (bicyclic) bond motifs is 1. The Hall–Kier alpha value is -1.88. The van der Waals surface area contributed by atoms with Gasteiger partial charge in [-0.25, -0.2) is 4.52 Å². The standard InChI is InChI=1S/C16H20N4O/c17-10-11-6-16(7-11)8-12(9-16)19-15(21)13-2-1-5-20-14(13)3-4-18-20/h1-5,11-12H,6-10,17H2,(H,19,21). The summed E-state index contributed by atoms with van der Waals surface area (Å²) in [5, 5.41) is 7.32. The van der Waals surface area contributed by atoms with E-state index in [0.717, 1.165) is 24.9 Å². The monoisotopic (exact) mass is 284 g/mol. The van der Waals surface area contributed by atoms with Crippen LogP contribution in [0.25, 0.3) is 5.52 Å². The molecule has 2 aromatic rings. The molecule has 0 atom stereocenters. The molecule has 0 bridgehead atoms. The van der Waals surface area contributed by atoms with Crippen molar-refractivity contribution in [3.8, 4) is 0 Å². The summed E-state index contributed by atoms with van der Waals surface area (Å²) in [4.78, 5) is 12.4. The summed E-state index contributed by atoms with van der Waals surface area (Å²) in [5.41, 5.74) is 7.74. The minimum absolute atomic E-state index is 0.00986. The fourth-order valence-electron chi connectivity index (χ4n) is 4.16. The van der Waals surface area contributed by atoms with Crippen molar-refractivity contribution in [1.82, 2.24) is 14.9 Å². The summed E-state index contributed by atoms with van der Waals surface area (Å²) in [5.74, 6) is 0.720. The van der Waals surface area contributed by atoms with Crippen LogP contribution in [0.1, 0.15) is 36.0 Å². The number of nitrogens with zero attached hydrogens (tertiary/aromatic N) is 2. The van der Waals surface area contributed by atoms with Crippen molar-refractivity contribution in [2.24, 2.45) is 17.1 Å². The molecule has 2 fully saturated rings. The molecule has 1 spiro atoms. The van der Waals surface area contributed by atoms with Gasteiger partial charge in [0, 0.05) is 12.2 Å². The second-order valence-corrected chi connectivity index (χ2v) is 6.67. The molecule has 0 saturated heterocycles. The zero-order chi connectivity index (χ0) is 14.4. The van der Waals surface area contributed by atoms with Crippen LogP contribution in [-0.4, -0.2) is 28.1 Å². The maximum absolute atomic E-state index is 12.4. The first-order chi connectivity index (χ1) is 10.2. The summed E-state index contributed by atoms with van der Waals surface area (Å²) >= 11 is 0. The lowest BCUT2D eigenvalue weighted by Gasteiger charge is -2.57. The first-order valence-corrected chi connectivity index (χ1v) is 7.62. The number of carbonyl (C=O) groups excluding carboxylic acids is 1. The maximum Gasteiger partial charge on any atom is 0.253 e. The molecule has 2 aromatic heterocycles. The highest BCUT2D eigenvalue weighted by Crippen LogP contribution is 2.58. The predicted molar refractivity (Wildman–Crippen MR) is 79.9 cm³/mol. The number of amides is 1. The van der Waals surface area contributed by atoms with Gasteiger partial charge in [-0.2, -0.15) is 5.10 Å². The first kappa shape index (κ1) is 12.8. The number of rotatable bonds is 3. The molecule has 1 amide bonds. The third-order valence-electron chi connectivity index (χ3n) is 5.15. The van der Waals surface area contributed by atoms with E-state index in [-0.39, 0.29) is 5.91 Å². The zero-order valence-corrected chi connectivity index (χ0v) is 12.0. The molecule has 2 aliphatic carbocycles. The number of hydrogen-bond donors (Lipinski definition) is 2. The zero-order valence-electron chi connectivity index (χ0n) is 12.0. The second-order valence-electron chi connectivity index (χ2n) is 6.67. The number of hydrogen-bond acceptors (Lipinski definition) is 3. The van der Waals surface area contributed by atoms with Gasteiger partial charge in [0.25, 0.3) is 5.91 Å². The van der Waals surface area contributed by atoms with Gasteiger partial charge in [0.05, 0.1) is 17.3 Å². The van der Waals surface area contributed by atoms with Crippen LogP contribution in [0, 0.1) is 11.3 Å². The first-order valence-electron chi connectivity index (χ1n) is 7.62. The molecule has 4 rings (SSSR count). The Bertz CT molecular complexity index is 678. The summed E-state index contributed by atoms with van der Waals surface area (Å²) in [6.45, 7) is 0.808. The van der Waals surface area contributed by atoms with Gasteiger partial charge < -0.3 is 11.1 Å². The van der Waals surface area contributed by atoms with Gasteiger partial charge in [-0.05, 0) is 61.8 Å². The van der Waals surface area contributed by atoms with Crippen LogP contribution >= 0.6 is 0 Å². The lowest BCUT2D eigenvalue weighted by molar-refractivity contribution is -0.0433. The molecule has 0 unspecified atom stereocenters. The minimum atomic E-state index is 0.00986. The smallest absolute Gasteiger partial charge is 0.253 e. The van der Waals surface area contributed by atoms with Gasteiger partial charge in [-0.1, -0.05) is 0 Å². The molecule has 21 heavy (non-hydrogen) atoms. The predicted octanol–water partition coefficient (Wildman–Crippen LogP) is 1.58. The Balaban J connectivity index is 1.40. The highest BCUT2D eigenvalue weighted by Gasteiger charge is 2.52. The molecule has 0 aromatic carbocycles. The van der Waals surface area contributed by atoms with E-state index in [1.807, 2.05) is 24.4 Å². The van der Waals surface area contributed by atoms with E-state index in [0.29, 0.717) is 22.9 Å². The number of carbonyl (C=O) groups is 1. The van der Waals surface area contributed by atoms with Gasteiger partial charge in [0.15, 0.2) is 0 Å². The number of nitrogens with one attached hydrogen (secondary N) is 1. The Kier molecular flexibility index (Phi) is 2.79. The van der Waals surface area contributed by atoms with E-state index < -0.39 is 0 Å². The fourth-order valence-corrected chi connectivity index (χ4v) is 4.16. The van der Waals surface area contributed by atoms with Crippen molar-refractivity contribution in [2.75, 3.05) is 6.54 Å². The largest absolute Gasteiger partial charge is 0.349 e. The number of nitrogens with two attached hydrogens (primary N) is 1. The lowest BCUT2D eigenvalue weighted by atomic mass is 9.50. The van der Waals surface area contributed by atoms with Crippen molar-refractivity contribution in [1.29, 1.82) is 0 Å². The van der Waals surface area contributed by atoms with E-state index in [1.54, 1.807) is 10.7 Å². The molecule has 0 radical (unpaired) electrons.